The zero-order valence-electron chi connectivity index (χ0n) is 21.2. The second-order valence-electron chi connectivity index (χ2n) is 9.22. The summed E-state index contributed by atoms with van der Waals surface area (Å²) in [6.07, 6.45) is 6.13. The molecule has 2 aromatic carbocycles. The van der Waals surface area contributed by atoms with Gasteiger partial charge in [0.1, 0.15) is 6.04 Å². The molecule has 7 nitrogen and oxygen atoms in total. The molecule has 1 atom stereocenters. The first-order chi connectivity index (χ1) is 17.5. The van der Waals surface area contributed by atoms with Crippen LogP contribution in [0, 0.1) is 6.92 Å². The van der Waals surface area contributed by atoms with Crippen LogP contribution in [0.4, 0.5) is 0 Å². The van der Waals surface area contributed by atoms with E-state index < -0.39 is 6.04 Å². The zero-order valence-corrected chi connectivity index (χ0v) is 21.2. The summed E-state index contributed by atoms with van der Waals surface area (Å²) < 4.78 is 16.4. The van der Waals surface area contributed by atoms with Crippen LogP contribution in [0.25, 0.3) is 0 Å². The lowest BCUT2D eigenvalue weighted by atomic mass is 10.0. The molecule has 0 saturated heterocycles. The van der Waals surface area contributed by atoms with E-state index in [4.69, 9.17) is 13.9 Å². The summed E-state index contributed by atoms with van der Waals surface area (Å²) in [4.78, 5) is 29.2. The number of nitrogens with one attached hydrogen (secondary N) is 1. The topological polar surface area (TPSA) is 81.0 Å². The third-order valence-corrected chi connectivity index (χ3v) is 6.70. The second-order valence-corrected chi connectivity index (χ2v) is 9.22. The van der Waals surface area contributed by atoms with E-state index in [2.05, 4.69) is 11.4 Å². The van der Waals surface area contributed by atoms with Crippen molar-refractivity contribution in [2.45, 2.75) is 51.1 Å². The summed E-state index contributed by atoms with van der Waals surface area (Å²) in [6, 6.07) is 16.1. The molecule has 1 aliphatic rings. The van der Waals surface area contributed by atoms with E-state index in [0.29, 0.717) is 30.0 Å². The predicted octanol–water partition coefficient (Wildman–Crippen LogP) is 5.09. The largest absolute Gasteiger partial charge is 0.493 e. The van der Waals surface area contributed by atoms with E-state index in [1.807, 2.05) is 31.2 Å². The highest BCUT2D eigenvalue weighted by atomic mass is 16.5. The molecule has 0 radical (unpaired) electrons. The molecule has 1 N–H and O–H groups in total. The maximum Gasteiger partial charge on any atom is 0.290 e. The predicted molar refractivity (Wildman–Crippen MR) is 137 cm³/mol. The Kier molecular flexibility index (Phi) is 8.31. The highest BCUT2D eigenvalue weighted by molar-refractivity contribution is 5.96. The Morgan fingerprint density at radius 1 is 1.03 bits per heavy atom. The molecule has 190 valence electrons. The van der Waals surface area contributed by atoms with Crippen LogP contribution in [-0.2, 0) is 11.2 Å². The van der Waals surface area contributed by atoms with E-state index in [9.17, 15) is 9.59 Å². The molecule has 1 heterocycles. The molecule has 1 saturated carbocycles. The minimum absolute atomic E-state index is 0.109. The van der Waals surface area contributed by atoms with E-state index >= 15 is 0 Å². The van der Waals surface area contributed by atoms with Gasteiger partial charge in [-0.25, -0.2) is 0 Å². The standard InChI is InChI=1S/C29H34N2O5/c1-20-8-6-9-21(18-20)15-16-31(29(33)25-12-7-17-36-25)27(28(32)30-23-10-4-5-11-23)22-13-14-24(34-2)26(19-22)35-3/h6-9,12-14,17-19,23,27H,4-5,10-11,15-16H2,1-3H3,(H,30,32). The van der Waals surface area contributed by atoms with Gasteiger partial charge in [0, 0.05) is 12.6 Å². The number of rotatable bonds is 10. The Balaban J connectivity index is 1.73. The molecule has 7 heteroatoms. The first-order valence-electron chi connectivity index (χ1n) is 12.4. The summed E-state index contributed by atoms with van der Waals surface area (Å²) in [7, 11) is 3.12. The summed E-state index contributed by atoms with van der Waals surface area (Å²) in [5, 5.41) is 3.20. The number of furan rings is 1. The van der Waals surface area contributed by atoms with Gasteiger partial charge >= 0.3 is 0 Å². The van der Waals surface area contributed by atoms with Gasteiger partial charge in [0.05, 0.1) is 20.5 Å². The Hall–Kier alpha value is -3.74. The Morgan fingerprint density at radius 2 is 1.81 bits per heavy atom. The molecule has 0 spiro atoms. The Labute approximate surface area is 212 Å². The molecule has 3 aromatic rings. The van der Waals surface area contributed by atoms with E-state index in [1.54, 1.807) is 43.4 Å². The van der Waals surface area contributed by atoms with Gasteiger partial charge in [-0.3, -0.25) is 9.59 Å². The highest BCUT2D eigenvalue weighted by Gasteiger charge is 2.35. The molecule has 0 bridgehead atoms. The van der Waals surface area contributed by atoms with E-state index in [1.165, 1.54) is 6.26 Å². The summed E-state index contributed by atoms with van der Waals surface area (Å²) in [5.74, 6) is 0.697. The molecule has 36 heavy (non-hydrogen) atoms. The number of carbonyl (C=O) groups is 2. The number of ether oxygens (including phenoxy) is 2. The fourth-order valence-corrected chi connectivity index (χ4v) is 4.85. The minimum Gasteiger partial charge on any atom is -0.493 e. The SMILES string of the molecule is COc1ccc(C(C(=O)NC2CCCC2)N(CCc2cccc(C)c2)C(=O)c2ccco2)cc1OC. The average molecular weight is 491 g/mol. The fourth-order valence-electron chi connectivity index (χ4n) is 4.85. The van der Waals surface area contributed by atoms with Gasteiger partial charge < -0.3 is 24.1 Å². The minimum atomic E-state index is -0.868. The van der Waals surface area contributed by atoms with Gasteiger partial charge in [-0.2, -0.15) is 0 Å². The number of carbonyl (C=O) groups excluding carboxylic acids is 2. The quantitative estimate of drug-likeness (QED) is 0.428. The monoisotopic (exact) mass is 490 g/mol. The van der Waals surface area contributed by atoms with Crippen LogP contribution in [0.1, 0.15) is 59.0 Å². The summed E-state index contributed by atoms with van der Waals surface area (Å²) in [5.41, 5.74) is 2.88. The van der Waals surface area contributed by atoms with Gasteiger partial charge in [-0.1, -0.05) is 48.7 Å². The molecule has 2 amide bonds. The average Bonchev–Trinajstić information content (AvgIpc) is 3.60. The number of nitrogens with zero attached hydrogens (tertiary/aromatic N) is 1. The van der Waals surface area contributed by atoms with Gasteiger partial charge in [-0.15, -0.1) is 0 Å². The summed E-state index contributed by atoms with van der Waals surface area (Å²) >= 11 is 0. The van der Waals surface area contributed by atoms with Gasteiger partial charge in [0.15, 0.2) is 17.3 Å². The van der Waals surface area contributed by atoms with Crippen molar-refractivity contribution in [3.05, 3.63) is 83.3 Å². The lowest BCUT2D eigenvalue weighted by Gasteiger charge is -2.32. The van der Waals surface area contributed by atoms with Crippen LogP contribution in [-0.4, -0.2) is 43.5 Å². The van der Waals surface area contributed by atoms with Gasteiger partial charge in [0.2, 0.25) is 5.91 Å². The van der Waals surface area contributed by atoms with Crippen molar-refractivity contribution in [3.8, 4) is 11.5 Å². The zero-order chi connectivity index (χ0) is 25.5. The van der Waals surface area contributed by atoms with Crippen LogP contribution < -0.4 is 14.8 Å². The lowest BCUT2D eigenvalue weighted by molar-refractivity contribution is -0.126. The van der Waals surface area contributed by atoms with Crippen molar-refractivity contribution in [1.29, 1.82) is 0 Å². The van der Waals surface area contributed by atoms with Crippen LogP contribution in [0.2, 0.25) is 0 Å². The fraction of sp³-hybridized carbons (Fsp3) is 0.379. The highest BCUT2D eigenvalue weighted by Crippen LogP contribution is 2.33. The van der Waals surface area contributed by atoms with Crippen LogP contribution in [0.3, 0.4) is 0 Å². The molecular formula is C29H34N2O5. The van der Waals surface area contributed by atoms with Gasteiger partial charge in [0.25, 0.3) is 5.91 Å². The van der Waals surface area contributed by atoms with Crippen LogP contribution >= 0.6 is 0 Å². The number of methoxy groups -OCH3 is 2. The maximum absolute atomic E-state index is 13.8. The first-order valence-corrected chi connectivity index (χ1v) is 12.4. The molecule has 1 fully saturated rings. The van der Waals surface area contributed by atoms with Crippen molar-refractivity contribution >= 4 is 11.8 Å². The van der Waals surface area contributed by atoms with Crippen molar-refractivity contribution < 1.29 is 23.5 Å². The summed E-state index contributed by atoms with van der Waals surface area (Å²) in [6.45, 7) is 2.37. The number of hydrogen-bond acceptors (Lipinski definition) is 5. The van der Waals surface area contributed by atoms with Crippen LogP contribution in [0.5, 0.6) is 11.5 Å². The molecule has 1 aliphatic carbocycles. The first kappa shape index (κ1) is 25.4. The number of aryl methyl sites for hydroxylation is 1. The van der Waals surface area contributed by atoms with Crippen molar-refractivity contribution in [2.24, 2.45) is 0 Å². The Bertz CT molecular complexity index is 1170. The molecule has 1 aromatic heterocycles. The number of hydrogen-bond donors (Lipinski definition) is 1. The smallest absolute Gasteiger partial charge is 0.290 e. The van der Waals surface area contributed by atoms with Crippen molar-refractivity contribution in [1.82, 2.24) is 10.2 Å². The molecule has 4 rings (SSSR count). The Morgan fingerprint density at radius 3 is 2.47 bits per heavy atom. The lowest BCUT2D eigenvalue weighted by Crippen LogP contribution is -2.46. The number of amides is 2. The molecule has 0 aliphatic heterocycles. The second kappa shape index (κ2) is 11.8. The molecule has 1 unspecified atom stereocenters. The third-order valence-electron chi connectivity index (χ3n) is 6.70. The van der Waals surface area contributed by atoms with Crippen molar-refractivity contribution in [2.75, 3.05) is 20.8 Å². The maximum atomic E-state index is 13.8. The van der Waals surface area contributed by atoms with Crippen molar-refractivity contribution in [3.63, 3.8) is 0 Å². The normalized spacial score (nSPS) is 14.3. The van der Waals surface area contributed by atoms with E-state index in [0.717, 1.165) is 36.8 Å². The molecular weight excluding hydrogens is 456 g/mol. The van der Waals surface area contributed by atoms with Crippen LogP contribution in [0.15, 0.2) is 65.3 Å². The van der Waals surface area contributed by atoms with Gasteiger partial charge in [-0.05, 0) is 61.6 Å². The number of benzene rings is 2. The third kappa shape index (κ3) is 5.90. The van der Waals surface area contributed by atoms with E-state index in [-0.39, 0.29) is 23.6 Å².